The lowest BCUT2D eigenvalue weighted by molar-refractivity contribution is -0.153. The highest BCUT2D eigenvalue weighted by Crippen LogP contribution is 2.26. The third-order valence-electron chi connectivity index (χ3n) is 2.36. The van der Waals surface area contributed by atoms with E-state index in [2.05, 4.69) is 15.4 Å². The first kappa shape index (κ1) is 15.3. The van der Waals surface area contributed by atoms with E-state index >= 15 is 0 Å². The largest absolute Gasteiger partial charge is 0.482 e. The fourth-order valence-electron chi connectivity index (χ4n) is 1.23. The van der Waals surface area contributed by atoms with Crippen molar-refractivity contribution in [2.75, 3.05) is 19.0 Å². The van der Waals surface area contributed by atoms with E-state index in [4.69, 9.17) is 0 Å². The van der Waals surface area contributed by atoms with Crippen LogP contribution in [0.4, 0.5) is 18.9 Å². The van der Waals surface area contributed by atoms with Crippen LogP contribution in [0.5, 0.6) is 5.75 Å². The number of hydrogen-bond donors (Lipinski definition) is 2. The van der Waals surface area contributed by atoms with Gasteiger partial charge in [0, 0.05) is 0 Å². The number of likely N-dealkylation sites (N-methyl/N-ethyl adjacent to an activating group) is 1. The fraction of sp³-hybridized carbons (Fsp3) is 0.417. The number of carbonyl (C=O) groups is 1. The average molecular weight is 276 g/mol. The summed E-state index contributed by atoms with van der Waals surface area (Å²) in [6, 6.07) is 5.51. The molecule has 0 aromatic heterocycles. The van der Waals surface area contributed by atoms with Crippen molar-refractivity contribution in [2.24, 2.45) is 0 Å². The van der Waals surface area contributed by atoms with Gasteiger partial charge in [0.15, 0.2) is 6.61 Å². The second kappa shape index (κ2) is 6.42. The van der Waals surface area contributed by atoms with Crippen LogP contribution in [0.25, 0.3) is 0 Å². The minimum Gasteiger partial charge on any atom is -0.482 e. The lowest BCUT2D eigenvalue weighted by atomic mass is 10.2. The smallest absolute Gasteiger partial charge is 0.422 e. The summed E-state index contributed by atoms with van der Waals surface area (Å²) < 4.78 is 40.9. The highest BCUT2D eigenvalue weighted by atomic mass is 19.4. The zero-order valence-electron chi connectivity index (χ0n) is 10.5. The Morgan fingerprint density at radius 3 is 2.58 bits per heavy atom. The van der Waals surface area contributed by atoms with E-state index < -0.39 is 18.8 Å². The molecule has 0 aliphatic rings. The Morgan fingerprint density at radius 1 is 1.37 bits per heavy atom. The third-order valence-corrected chi connectivity index (χ3v) is 2.36. The summed E-state index contributed by atoms with van der Waals surface area (Å²) in [6.07, 6.45) is -4.42. The van der Waals surface area contributed by atoms with Gasteiger partial charge >= 0.3 is 6.18 Å². The standard InChI is InChI=1S/C12H15F3N2O2/c1-8(16-2)11(18)17-9-5-3-4-6-10(9)19-7-12(13,14)15/h3-6,8,16H,7H2,1-2H3,(H,17,18). The Morgan fingerprint density at radius 2 is 2.00 bits per heavy atom. The summed E-state index contributed by atoms with van der Waals surface area (Å²) in [7, 11) is 1.61. The second-order valence-electron chi connectivity index (χ2n) is 3.90. The summed E-state index contributed by atoms with van der Waals surface area (Å²) in [5.74, 6) is -0.373. The Balaban J connectivity index is 2.76. The molecular weight excluding hydrogens is 261 g/mol. The summed E-state index contributed by atoms with van der Waals surface area (Å²) in [5.41, 5.74) is 0.207. The van der Waals surface area contributed by atoms with E-state index in [1.54, 1.807) is 20.0 Å². The molecular formula is C12H15F3N2O2. The molecule has 0 radical (unpaired) electrons. The molecule has 19 heavy (non-hydrogen) atoms. The Kier molecular flexibility index (Phi) is 5.17. The maximum Gasteiger partial charge on any atom is 0.422 e. The van der Waals surface area contributed by atoms with E-state index in [9.17, 15) is 18.0 Å². The Hall–Kier alpha value is -1.76. The molecule has 1 atom stereocenters. The summed E-state index contributed by atoms with van der Waals surface area (Å²) in [5, 5.41) is 5.23. The molecule has 0 saturated carbocycles. The molecule has 1 aromatic carbocycles. The van der Waals surface area contributed by atoms with E-state index in [1.165, 1.54) is 18.2 Å². The number of ether oxygens (including phenoxy) is 1. The average Bonchev–Trinajstić information content (AvgIpc) is 2.35. The third kappa shape index (κ3) is 5.17. The van der Waals surface area contributed by atoms with Crippen molar-refractivity contribution in [1.29, 1.82) is 0 Å². The first-order chi connectivity index (χ1) is 8.83. The molecule has 1 rings (SSSR count). The van der Waals surface area contributed by atoms with Gasteiger partial charge in [-0.15, -0.1) is 0 Å². The van der Waals surface area contributed by atoms with Gasteiger partial charge in [-0.3, -0.25) is 4.79 Å². The minimum absolute atomic E-state index is 0.0171. The number of hydrogen-bond acceptors (Lipinski definition) is 3. The van der Waals surface area contributed by atoms with Gasteiger partial charge in [-0.05, 0) is 26.1 Å². The summed E-state index contributed by atoms with van der Waals surface area (Å²) >= 11 is 0. The number of rotatable bonds is 5. The lowest BCUT2D eigenvalue weighted by Crippen LogP contribution is -2.35. The van der Waals surface area contributed by atoms with Gasteiger partial charge in [-0.25, -0.2) is 0 Å². The van der Waals surface area contributed by atoms with Crippen LogP contribution in [-0.4, -0.2) is 31.8 Å². The number of para-hydroxylation sites is 2. The van der Waals surface area contributed by atoms with Gasteiger partial charge < -0.3 is 15.4 Å². The molecule has 0 fully saturated rings. The van der Waals surface area contributed by atoms with Crippen molar-refractivity contribution in [3.05, 3.63) is 24.3 Å². The molecule has 0 spiro atoms. The topological polar surface area (TPSA) is 50.4 Å². The number of carbonyl (C=O) groups excluding carboxylic acids is 1. The zero-order chi connectivity index (χ0) is 14.5. The molecule has 0 bridgehead atoms. The van der Waals surface area contributed by atoms with Gasteiger partial charge in [-0.2, -0.15) is 13.2 Å². The highest BCUT2D eigenvalue weighted by molar-refractivity contribution is 5.95. The SMILES string of the molecule is CNC(C)C(=O)Nc1ccccc1OCC(F)(F)F. The van der Waals surface area contributed by atoms with Crippen LogP contribution in [-0.2, 0) is 4.79 Å². The van der Waals surface area contributed by atoms with E-state index in [0.29, 0.717) is 0 Å². The van der Waals surface area contributed by atoms with Crippen LogP contribution in [0, 0.1) is 0 Å². The number of alkyl halides is 3. The van der Waals surface area contributed by atoms with Gasteiger partial charge in [0.05, 0.1) is 11.7 Å². The van der Waals surface area contributed by atoms with Crippen LogP contribution in [0.2, 0.25) is 0 Å². The molecule has 1 amide bonds. The van der Waals surface area contributed by atoms with Crippen molar-refractivity contribution in [1.82, 2.24) is 5.32 Å². The molecule has 2 N–H and O–H groups in total. The number of halogens is 3. The van der Waals surface area contributed by atoms with E-state index in [-0.39, 0.29) is 17.3 Å². The van der Waals surface area contributed by atoms with Crippen LogP contribution in [0.15, 0.2) is 24.3 Å². The molecule has 7 heteroatoms. The number of amides is 1. The first-order valence-corrected chi connectivity index (χ1v) is 5.60. The number of benzene rings is 1. The van der Waals surface area contributed by atoms with Crippen molar-refractivity contribution in [2.45, 2.75) is 19.1 Å². The zero-order valence-corrected chi connectivity index (χ0v) is 10.5. The maximum atomic E-state index is 12.1. The van der Waals surface area contributed by atoms with Crippen LogP contribution in [0.3, 0.4) is 0 Å². The van der Waals surface area contributed by atoms with Crippen LogP contribution in [0.1, 0.15) is 6.92 Å². The summed E-state index contributed by atoms with van der Waals surface area (Å²) in [4.78, 5) is 11.6. The lowest BCUT2D eigenvalue weighted by Gasteiger charge is -2.15. The summed E-state index contributed by atoms with van der Waals surface area (Å²) in [6.45, 7) is 0.232. The quantitative estimate of drug-likeness (QED) is 0.866. The van der Waals surface area contributed by atoms with Crippen molar-refractivity contribution in [3.63, 3.8) is 0 Å². The van der Waals surface area contributed by atoms with Gasteiger partial charge in [0.1, 0.15) is 5.75 Å². The fourth-order valence-corrected chi connectivity index (χ4v) is 1.23. The van der Waals surface area contributed by atoms with Gasteiger partial charge in [0.2, 0.25) is 5.91 Å². The molecule has 0 aliphatic carbocycles. The molecule has 4 nitrogen and oxygen atoms in total. The van der Waals surface area contributed by atoms with Gasteiger partial charge in [0.25, 0.3) is 0 Å². The second-order valence-corrected chi connectivity index (χ2v) is 3.90. The van der Waals surface area contributed by atoms with E-state index in [0.717, 1.165) is 0 Å². The van der Waals surface area contributed by atoms with Gasteiger partial charge in [-0.1, -0.05) is 12.1 Å². The highest BCUT2D eigenvalue weighted by Gasteiger charge is 2.29. The molecule has 0 aliphatic heterocycles. The van der Waals surface area contributed by atoms with Crippen molar-refractivity contribution >= 4 is 11.6 Å². The molecule has 0 saturated heterocycles. The minimum atomic E-state index is -4.42. The molecule has 0 heterocycles. The predicted molar refractivity (Wildman–Crippen MR) is 65.1 cm³/mol. The number of anilines is 1. The molecule has 106 valence electrons. The van der Waals surface area contributed by atoms with E-state index in [1.807, 2.05) is 0 Å². The maximum absolute atomic E-state index is 12.1. The monoisotopic (exact) mass is 276 g/mol. The van der Waals surface area contributed by atoms with Crippen molar-refractivity contribution in [3.8, 4) is 5.75 Å². The normalized spacial score (nSPS) is 12.9. The van der Waals surface area contributed by atoms with Crippen LogP contribution >= 0.6 is 0 Å². The Bertz CT molecular complexity index is 435. The molecule has 1 unspecified atom stereocenters. The Labute approximate surface area is 108 Å². The van der Waals surface area contributed by atoms with Crippen molar-refractivity contribution < 1.29 is 22.7 Å². The van der Waals surface area contributed by atoms with Crippen LogP contribution < -0.4 is 15.4 Å². The molecule has 1 aromatic rings. The predicted octanol–water partition coefficient (Wildman–Crippen LogP) is 2.17. The first-order valence-electron chi connectivity index (χ1n) is 5.60. The number of nitrogens with one attached hydrogen (secondary N) is 2.